The third-order valence-electron chi connectivity index (χ3n) is 3.47. The van der Waals surface area contributed by atoms with Crippen LogP contribution in [0.5, 0.6) is 0 Å². The first-order valence-electron chi connectivity index (χ1n) is 6.58. The van der Waals surface area contributed by atoms with Crippen molar-refractivity contribution >= 4 is 11.9 Å². The molecule has 1 fully saturated rings. The molecule has 1 saturated heterocycles. The minimum Gasteiger partial charge on any atom is -0.468 e. The second-order valence-electron chi connectivity index (χ2n) is 5.19. The van der Waals surface area contributed by atoms with Crippen molar-refractivity contribution in [2.24, 2.45) is 5.92 Å². The maximum Gasteiger partial charge on any atom is 0.325 e. The third-order valence-corrected chi connectivity index (χ3v) is 3.47. The smallest absolute Gasteiger partial charge is 0.325 e. The Morgan fingerprint density at radius 3 is 2.61 bits per heavy atom. The summed E-state index contributed by atoms with van der Waals surface area (Å²) in [4.78, 5) is 25.4. The van der Waals surface area contributed by atoms with E-state index in [2.05, 4.69) is 17.0 Å². The zero-order valence-corrected chi connectivity index (χ0v) is 11.7. The predicted octanol–water partition coefficient (Wildman–Crippen LogP) is 0.784. The van der Waals surface area contributed by atoms with E-state index in [4.69, 9.17) is 0 Å². The molecule has 5 nitrogen and oxygen atoms in total. The number of nitrogens with one attached hydrogen (secondary N) is 1. The molecule has 0 aromatic carbocycles. The van der Waals surface area contributed by atoms with Gasteiger partial charge in [-0.15, -0.1) is 0 Å². The average Bonchev–Trinajstić information content (AvgIpc) is 2.35. The highest BCUT2D eigenvalue weighted by molar-refractivity contribution is 5.86. The summed E-state index contributed by atoms with van der Waals surface area (Å²) in [5.41, 5.74) is 0. The fraction of sp³-hybridized carbons (Fsp3) is 0.846. The van der Waals surface area contributed by atoms with Gasteiger partial charge in [-0.2, -0.15) is 0 Å². The first-order valence-corrected chi connectivity index (χ1v) is 6.58. The van der Waals surface area contributed by atoms with Crippen LogP contribution in [0, 0.1) is 5.92 Å². The number of ether oxygens (including phenoxy) is 1. The summed E-state index contributed by atoms with van der Waals surface area (Å²) in [5.74, 6) is -0.0618. The van der Waals surface area contributed by atoms with Crippen LogP contribution in [0.2, 0.25) is 0 Å². The molecule has 0 spiro atoms. The first-order chi connectivity index (χ1) is 8.47. The summed E-state index contributed by atoms with van der Waals surface area (Å²) in [5, 5.41) is 3.25. The SMILES string of the molecule is COC(=O)CN(C(=O)C1NCCCC1C)C(C)C. The normalized spacial score (nSPS) is 23.8. The van der Waals surface area contributed by atoms with Gasteiger partial charge in [-0.25, -0.2) is 0 Å². The van der Waals surface area contributed by atoms with E-state index in [0.717, 1.165) is 19.4 Å². The van der Waals surface area contributed by atoms with Crippen molar-refractivity contribution < 1.29 is 14.3 Å². The Bertz CT molecular complexity index is 305. The van der Waals surface area contributed by atoms with Crippen LogP contribution in [-0.2, 0) is 14.3 Å². The van der Waals surface area contributed by atoms with Crippen LogP contribution in [0.1, 0.15) is 33.6 Å². The van der Waals surface area contributed by atoms with Crippen LogP contribution in [-0.4, -0.2) is 49.1 Å². The number of rotatable bonds is 4. The maximum atomic E-state index is 12.5. The molecule has 0 aliphatic carbocycles. The molecular weight excluding hydrogens is 232 g/mol. The monoisotopic (exact) mass is 256 g/mol. The highest BCUT2D eigenvalue weighted by Gasteiger charge is 2.32. The topological polar surface area (TPSA) is 58.6 Å². The molecule has 1 aliphatic rings. The van der Waals surface area contributed by atoms with Crippen LogP contribution in [0.15, 0.2) is 0 Å². The van der Waals surface area contributed by atoms with Crippen LogP contribution >= 0.6 is 0 Å². The number of hydrogen-bond donors (Lipinski definition) is 1. The fourth-order valence-corrected chi connectivity index (χ4v) is 2.28. The molecule has 0 bridgehead atoms. The zero-order valence-electron chi connectivity index (χ0n) is 11.7. The third kappa shape index (κ3) is 3.70. The fourth-order valence-electron chi connectivity index (χ4n) is 2.28. The van der Waals surface area contributed by atoms with Crippen LogP contribution < -0.4 is 5.32 Å². The van der Waals surface area contributed by atoms with Crippen molar-refractivity contribution in [2.45, 2.75) is 45.7 Å². The summed E-state index contributed by atoms with van der Waals surface area (Å²) in [6, 6.07) is -0.182. The van der Waals surface area contributed by atoms with Gasteiger partial charge in [0.25, 0.3) is 0 Å². The number of hydrogen-bond acceptors (Lipinski definition) is 4. The lowest BCUT2D eigenvalue weighted by Crippen LogP contribution is -2.55. The molecule has 1 heterocycles. The number of nitrogens with zero attached hydrogens (tertiary/aromatic N) is 1. The lowest BCUT2D eigenvalue weighted by molar-refractivity contribution is -0.149. The predicted molar refractivity (Wildman–Crippen MR) is 69.1 cm³/mol. The summed E-state index contributed by atoms with van der Waals surface area (Å²) in [6.45, 7) is 6.79. The second kappa shape index (κ2) is 6.73. The number of esters is 1. The number of amides is 1. The van der Waals surface area contributed by atoms with Crippen LogP contribution in [0.3, 0.4) is 0 Å². The molecule has 104 valence electrons. The molecular formula is C13H24N2O3. The van der Waals surface area contributed by atoms with E-state index in [1.165, 1.54) is 7.11 Å². The highest BCUT2D eigenvalue weighted by atomic mass is 16.5. The Morgan fingerprint density at radius 2 is 2.11 bits per heavy atom. The second-order valence-corrected chi connectivity index (χ2v) is 5.19. The Labute approximate surface area is 109 Å². The molecule has 2 atom stereocenters. The summed E-state index contributed by atoms with van der Waals surface area (Å²) in [6.07, 6.45) is 2.15. The van der Waals surface area contributed by atoms with Gasteiger partial charge in [0.15, 0.2) is 0 Å². The van der Waals surface area contributed by atoms with E-state index >= 15 is 0 Å². The van der Waals surface area contributed by atoms with E-state index in [-0.39, 0.29) is 30.5 Å². The lowest BCUT2D eigenvalue weighted by Gasteiger charge is -2.35. The lowest BCUT2D eigenvalue weighted by atomic mass is 9.91. The zero-order chi connectivity index (χ0) is 13.7. The van der Waals surface area contributed by atoms with E-state index in [0.29, 0.717) is 5.92 Å². The van der Waals surface area contributed by atoms with Crippen molar-refractivity contribution in [1.29, 1.82) is 0 Å². The van der Waals surface area contributed by atoms with E-state index in [1.807, 2.05) is 13.8 Å². The Balaban J connectivity index is 2.72. The van der Waals surface area contributed by atoms with Gasteiger partial charge in [-0.1, -0.05) is 6.92 Å². The molecule has 1 rings (SSSR count). The van der Waals surface area contributed by atoms with Crippen molar-refractivity contribution in [2.75, 3.05) is 20.2 Å². The van der Waals surface area contributed by atoms with Crippen molar-refractivity contribution in [3.05, 3.63) is 0 Å². The van der Waals surface area contributed by atoms with Gasteiger partial charge in [0, 0.05) is 6.04 Å². The van der Waals surface area contributed by atoms with Gasteiger partial charge < -0.3 is 15.0 Å². The van der Waals surface area contributed by atoms with Gasteiger partial charge in [-0.05, 0) is 39.2 Å². The molecule has 0 saturated carbocycles. The Morgan fingerprint density at radius 1 is 1.44 bits per heavy atom. The molecule has 1 aliphatic heterocycles. The van der Waals surface area contributed by atoms with E-state index in [1.54, 1.807) is 4.90 Å². The minimum absolute atomic E-state index is 0.00241. The number of methoxy groups -OCH3 is 1. The number of carbonyl (C=O) groups excluding carboxylic acids is 2. The van der Waals surface area contributed by atoms with Gasteiger partial charge in [-0.3, -0.25) is 9.59 Å². The van der Waals surface area contributed by atoms with Gasteiger partial charge in [0.2, 0.25) is 5.91 Å². The molecule has 0 radical (unpaired) electrons. The maximum absolute atomic E-state index is 12.5. The molecule has 0 aromatic rings. The van der Waals surface area contributed by atoms with E-state index < -0.39 is 0 Å². The minimum atomic E-state index is -0.375. The average molecular weight is 256 g/mol. The Hall–Kier alpha value is -1.10. The summed E-state index contributed by atoms with van der Waals surface area (Å²) >= 11 is 0. The van der Waals surface area contributed by atoms with E-state index in [9.17, 15) is 9.59 Å². The molecule has 1 amide bonds. The number of piperidine rings is 1. The van der Waals surface area contributed by atoms with Crippen molar-refractivity contribution in [1.82, 2.24) is 10.2 Å². The van der Waals surface area contributed by atoms with Crippen LogP contribution in [0.4, 0.5) is 0 Å². The molecule has 18 heavy (non-hydrogen) atoms. The standard InChI is InChI=1S/C13H24N2O3/c1-9(2)15(8-11(16)18-4)13(17)12-10(3)6-5-7-14-12/h9-10,12,14H,5-8H2,1-4H3. The molecule has 5 heteroatoms. The molecule has 1 N–H and O–H groups in total. The van der Waals surface area contributed by atoms with Gasteiger partial charge >= 0.3 is 5.97 Å². The molecule has 2 unspecified atom stereocenters. The quantitative estimate of drug-likeness (QED) is 0.755. The highest BCUT2D eigenvalue weighted by Crippen LogP contribution is 2.18. The summed E-state index contributed by atoms with van der Waals surface area (Å²) in [7, 11) is 1.34. The van der Waals surface area contributed by atoms with Gasteiger partial charge in [0.05, 0.1) is 13.2 Å². The first kappa shape index (κ1) is 15.0. The summed E-state index contributed by atoms with van der Waals surface area (Å²) < 4.78 is 4.64. The number of carbonyl (C=O) groups is 2. The Kier molecular flexibility index (Phi) is 5.59. The van der Waals surface area contributed by atoms with Crippen molar-refractivity contribution in [3.63, 3.8) is 0 Å². The largest absolute Gasteiger partial charge is 0.468 e. The molecule has 0 aromatic heterocycles. The van der Waals surface area contributed by atoms with Crippen LogP contribution in [0.25, 0.3) is 0 Å². The van der Waals surface area contributed by atoms with Gasteiger partial charge in [0.1, 0.15) is 6.54 Å². The van der Waals surface area contributed by atoms with Crippen molar-refractivity contribution in [3.8, 4) is 0 Å².